The molecule has 1 aliphatic rings. The number of benzene rings is 1. The van der Waals surface area contributed by atoms with Gasteiger partial charge in [0.05, 0.1) is 4.90 Å². The second kappa shape index (κ2) is 6.85. The van der Waals surface area contributed by atoms with Crippen LogP contribution in [0.5, 0.6) is 0 Å². The molecule has 0 saturated heterocycles. The average molecular weight is 314 g/mol. The second-order valence-corrected chi connectivity index (χ2v) is 7.43. The molecular weight excluding hydrogens is 291 g/mol. The fraction of sp³-hybridized carbons (Fsp3) is 0.600. The lowest BCUT2D eigenvalue weighted by atomic mass is 10.2. The Labute approximate surface area is 126 Å². The van der Waals surface area contributed by atoms with Crippen LogP contribution in [-0.4, -0.2) is 20.5 Å². The number of hydrogen-bond donors (Lipinski definition) is 2. The molecule has 1 saturated carbocycles. The van der Waals surface area contributed by atoms with Crippen molar-refractivity contribution in [1.82, 2.24) is 10.0 Å². The minimum atomic E-state index is -3.59. The van der Waals surface area contributed by atoms with Gasteiger partial charge in [0.15, 0.2) is 0 Å². The number of hydrogen-bond acceptors (Lipinski definition) is 3. The summed E-state index contributed by atoms with van der Waals surface area (Å²) in [5.41, 5.74) is 0.396. The lowest BCUT2D eigenvalue weighted by Crippen LogP contribution is -2.32. The van der Waals surface area contributed by atoms with E-state index in [1.807, 2.05) is 13.8 Å². The van der Waals surface area contributed by atoms with Gasteiger partial charge < -0.3 is 5.32 Å². The van der Waals surface area contributed by atoms with Gasteiger partial charge in [0.2, 0.25) is 10.0 Å². The molecule has 21 heavy (non-hydrogen) atoms. The molecule has 0 bridgehead atoms. The Morgan fingerprint density at radius 1 is 1.38 bits per heavy atom. The van der Waals surface area contributed by atoms with Gasteiger partial charge in [-0.1, -0.05) is 13.3 Å². The highest BCUT2D eigenvalue weighted by Crippen LogP contribution is 2.21. The van der Waals surface area contributed by atoms with Crippen LogP contribution in [-0.2, 0) is 16.6 Å². The van der Waals surface area contributed by atoms with Gasteiger partial charge in [0.1, 0.15) is 5.82 Å². The van der Waals surface area contributed by atoms with E-state index in [4.69, 9.17) is 0 Å². The summed E-state index contributed by atoms with van der Waals surface area (Å²) in [5.74, 6) is -0.372. The van der Waals surface area contributed by atoms with Crippen LogP contribution in [0.4, 0.5) is 4.39 Å². The maximum atomic E-state index is 13.8. The van der Waals surface area contributed by atoms with Crippen LogP contribution in [0, 0.1) is 5.82 Å². The Balaban J connectivity index is 2.12. The molecule has 0 radical (unpaired) electrons. The van der Waals surface area contributed by atoms with Crippen molar-refractivity contribution in [2.45, 2.75) is 63.1 Å². The Morgan fingerprint density at radius 3 is 2.71 bits per heavy atom. The molecule has 1 atom stereocenters. The van der Waals surface area contributed by atoms with Crippen molar-refractivity contribution >= 4 is 10.0 Å². The molecule has 118 valence electrons. The highest BCUT2D eigenvalue weighted by Gasteiger charge is 2.22. The fourth-order valence-electron chi connectivity index (χ4n) is 2.22. The SMILES string of the molecule is CCCC(C)NS(=O)(=O)c1ccc(F)c(CNC2CC2)c1. The molecule has 6 heteroatoms. The van der Waals surface area contributed by atoms with Crippen molar-refractivity contribution in [2.75, 3.05) is 0 Å². The van der Waals surface area contributed by atoms with E-state index >= 15 is 0 Å². The summed E-state index contributed by atoms with van der Waals surface area (Å²) in [5, 5.41) is 3.20. The predicted molar refractivity (Wildman–Crippen MR) is 81.0 cm³/mol. The predicted octanol–water partition coefficient (Wildman–Crippen LogP) is 2.54. The maximum absolute atomic E-state index is 13.8. The number of sulfonamides is 1. The van der Waals surface area contributed by atoms with Crippen LogP contribution in [0.25, 0.3) is 0 Å². The van der Waals surface area contributed by atoms with Crippen molar-refractivity contribution in [1.29, 1.82) is 0 Å². The van der Waals surface area contributed by atoms with Crippen molar-refractivity contribution < 1.29 is 12.8 Å². The van der Waals surface area contributed by atoms with Crippen molar-refractivity contribution in [2.24, 2.45) is 0 Å². The van der Waals surface area contributed by atoms with E-state index in [2.05, 4.69) is 10.0 Å². The van der Waals surface area contributed by atoms with Crippen molar-refractivity contribution in [3.8, 4) is 0 Å². The zero-order valence-corrected chi connectivity index (χ0v) is 13.3. The van der Waals surface area contributed by atoms with E-state index < -0.39 is 10.0 Å². The Morgan fingerprint density at radius 2 is 2.10 bits per heavy atom. The molecule has 0 aliphatic heterocycles. The Hall–Kier alpha value is -0.980. The molecular formula is C15H23FN2O2S. The highest BCUT2D eigenvalue weighted by molar-refractivity contribution is 7.89. The Bertz CT molecular complexity index is 585. The lowest BCUT2D eigenvalue weighted by Gasteiger charge is -2.14. The maximum Gasteiger partial charge on any atom is 0.240 e. The minimum Gasteiger partial charge on any atom is -0.310 e. The van der Waals surface area contributed by atoms with E-state index in [0.717, 1.165) is 25.7 Å². The molecule has 1 aromatic rings. The van der Waals surface area contributed by atoms with Crippen LogP contribution in [0.1, 0.15) is 45.1 Å². The molecule has 0 amide bonds. The van der Waals surface area contributed by atoms with E-state index in [-0.39, 0.29) is 16.8 Å². The zero-order chi connectivity index (χ0) is 15.5. The first-order valence-corrected chi connectivity index (χ1v) is 8.95. The van der Waals surface area contributed by atoms with Gasteiger partial charge >= 0.3 is 0 Å². The van der Waals surface area contributed by atoms with Gasteiger partial charge in [0.25, 0.3) is 0 Å². The van der Waals surface area contributed by atoms with Gasteiger partial charge in [-0.25, -0.2) is 17.5 Å². The summed E-state index contributed by atoms with van der Waals surface area (Å²) < 4.78 is 40.9. The largest absolute Gasteiger partial charge is 0.310 e. The van der Waals surface area contributed by atoms with E-state index in [1.54, 1.807) is 0 Å². The molecule has 2 N–H and O–H groups in total. The summed E-state index contributed by atoms with van der Waals surface area (Å²) in [7, 11) is -3.59. The monoisotopic (exact) mass is 314 g/mol. The number of rotatable bonds is 8. The molecule has 1 fully saturated rings. The van der Waals surface area contributed by atoms with Crippen LogP contribution >= 0.6 is 0 Å². The van der Waals surface area contributed by atoms with Crippen molar-refractivity contribution in [3.05, 3.63) is 29.6 Å². The van der Waals surface area contributed by atoms with Gasteiger partial charge in [-0.2, -0.15) is 0 Å². The Kier molecular flexibility index (Phi) is 5.35. The fourth-order valence-corrected chi connectivity index (χ4v) is 3.55. The summed E-state index contributed by atoms with van der Waals surface area (Å²) in [6.07, 6.45) is 3.89. The molecule has 0 spiro atoms. The lowest BCUT2D eigenvalue weighted by molar-refractivity contribution is 0.542. The van der Waals surface area contributed by atoms with Crippen LogP contribution < -0.4 is 10.0 Å². The molecule has 0 aromatic heterocycles. The zero-order valence-electron chi connectivity index (χ0n) is 12.5. The van der Waals surface area contributed by atoms with Gasteiger partial charge in [-0.3, -0.25) is 0 Å². The third-order valence-corrected chi connectivity index (χ3v) is 5.15. The smallest absolute Gasteiger partial charge is 0.240 e. The van der Waals surface area contributed by atoms with Gasteiger partial charge in [0, 0.05) is 24.2 Å². The number of nitrogens with one attached hydrogen (secondary N) is 2. The third-order valence-electron chi connectivity index (χ3n) is 3.56. The summed E-state index contributed by atoms with van der Waals surface area (Å²) >= 11 is 0. The van der Waals surface area contributed by atoms with Crippen LogP contribution in [0.2, 0.25) is 0 Å². The van der Waals surface area contributed by atoms with E-state index in [9.17, 15) is 12.8 Å². The van der Waals surface area contributed by atoms with Gasteiger partial charge in [-0.15, -0.1) is 0 Å². The van der Waals surface area contributed by atoms with E-state index in [1.165, 1.54) is 18.2 Å². The molecule has 1 aromatic carbocycles. The molecule has 4 nitrogen and oxygen atoms in total. The summed E-state index contributed by atoms with van der Waals surface area (Å²) in [6, 6.07) is 4.29. The van der Waals surface area contributed by atoms with Crippen molar-refractivity contribution in [3.63, 3.8) is 0 Å². The minimum absolute atomic E-state index is 0.124. The standard InChI is InChI=1S/C15H23FN2O2S/c1-3-4-11(2)18-21(19,20)14-7-8-15(16)12(9-14)10-17-13-5-6-13/h7-9,11,13,17-18H,3-6,10H2,1-2H3. The first-order chi connectivity index (χ1) is 9.92. The van der Waals surface area contributed by atoms with E-state index in [0.29, 0.717) is 18.2 Å². The molecule has 2 rings (SSSR count). The number of halogens is 1. The van der Waals surface area contributed by atoms with Gasteiger partial charge in [-0.05, 0) is 44.4 Å². The molecule has 1 unspecified atom stereocenters. The first kappa shape index (κ1) is 16.4. The first-order valence-electron chi connectivity index (χ1n) is 7.46. The van der Waals surface area contributed by atoms with Crippen LogP contribution in [0.15, 0.2) is 23.1 Å². The summed E-state index contributed by atoms with van der Waals surface area (Å²) in [4.78, 5) is 0.124. The normalized spacial score (nSPS) is 16.9. The topological polar surface area (TPSA) is 58.2 Å². The third kappa shape index (κ3) is 4.76. The quantitative estimate of drug-likeness (QED) is 0.775. The second-order valence-electron chi connectivity index (χ2n) is 5.72. The average Bonchev–Trinajstić information content (AvgIpc) is 3.21. The van der Waals surface area contributed by atoms with Crippen LogP contribution in [0.3, 0.4) is 0 Å². The highest BCUT2D eigenvalue weighted by atomic mass is 32.2. The summed E-state index contributed by atoms with van der Waals surface area (Å²) in [6.45, 7) is 4.20. The molecule has 0 heterocycles. The molecule has 1 aliphatic carbocycles.